The van der Waals surface area contributed by atoms with Gasteiger partial charge in [-0.05, 0) is 31.4 Å². The van der Waals surface area contributed by atoms with E-state index in [9.17, 15) is 14.7 Å². The van der Waals surface area contributed by atoms with Crippen LogP contribution in [0.15, 0.2) is 18.3 Å². The Kier molecular flexibility index (Phi) is 4.14. The van der Waals surface area contributed by atoms with Gasteiger partial charge in [0.05, 0.1) is 6.04 Å². The number of rotatable bonds is 3. The van der Waals surface area contributed by atoms with E-state index < -0.39 is 0 Å². The van der Waals surface area contributed by atoms with Gasteiger partial charge in [0.1, 0.15) is 5.75 Å². The Morgan fingerprint density at radius 2 is 2.26 bits per heavy atom. The molecule has 2 heterocycles. The molecule has 5 nitrogen and oxygen atoms in total. The first kappa shape index (κ1) is 13.5. The van der Waals surface area contributed by atoms with E-state index in [1.807, 2.05) is 0 Å². The molecule has 2 rings (SSSR count). The Morgan fingerprint density at radius 1 is 1.47 bits per heavy atom. The summed E-state index contributed by atoms with van der Waals surface area (Å²) in [7, 11) is 0. The van der Waals surface area contributed by atoms with Crippen LogP contribution in [-0.4, -0.2) is 39.3 Å². The van der Waals surface area contributed by atoms with Gasteiger partial charge in [-0.25, -0.2) is 4.98 Å². The van der Waals surface area contributed by atoms with E-state index in [-0.39, 0.29) is 29.2 Å². The molecule has 1 saturated heterocycles. The van der Waals surface area contributed by atoms with Gasteiger partial charge in [0.15, 0.2) is 11.5 Å². The minimum Gasteiger partial charge on any atom is -0.505 e. The summed E-state index contributed by atoms with van der Waals surface area (Å²) in [6.45, 7) is 2.35. The molecule has 102 valence electrons. The number of aromatic hydroxyl groups is 1. The number of ketones is 1. The van der Waals surface area contributed by atoms with Crippen LogP contribution in [0.4, 0.5) is 0 Å². The molecule has 0 aromatic carbocycles. The molecular weight excluding hydrogens is 244 g/mol. The molecule has 1 aliphatic heterocycles. The minimum atomic E-state index is -0.368. The van der Waals surface area contributed by atoms with Gasteiger partial charge < -0.3 is 10.0 Å². The van der Waals surface area contributed by atoms with Gasteiger partial charge in [0, 0.05) is 19.2 Å². The Morgan fingerprint density at radius 3 is 2.95 bits per heavy atom. The van der Waals surface area contributed by atoms with Gasteiger partial charge in [-0.15, -0.1) is 0 Å². The fourth-order valence-corrected chi connectivity index (χ4v) is 2.44. The highest BCUT2D eigenvalue weighted by atomic mass is 16.3. The maximum atomic E-state index is 12.4. The minimum absolute atomic E-state index is 0.0262. The number of piperidine rings is 1. The van der Waals surface area contributed by atoms with E-state index in [1.165, 1.54) is 12.3 Å². The zero-order valence-electron chi connectivity index (χ0n) is 11.0. The standard InChI is InChI=1S/C14H18N2O3/c1-2-11(17)10-6-3-4-9-16(10)14(19)13-12(18)7-5-8-15-13/h5,7-8,10,18H,2-4,6,9H2,1H3/t10-/m1/s1. The number of aromatic nitrogens is 1. The second-order valence-electron chi connectivity index (χ2n) is 4.70. The van der Waals surface area contributed by atoms with Gasteiger partial charge in [-0.2, -0.15) is 0 Å². The van der Waals surface area contributed by atoms with Crippen LogP contribution in [0.25, 0.3) is 0 Å². The van der Waals surface area contributed by atoms with Gasteiger partial charge in [0.2, 0.25) is 0 Å². The number of carbonyl (C=O) groups excluding carboxylic acids is 2. The van der Waals surface area contributed by atoms with Crippen LogP contribution in [0.3, 0.4) is 0 Å². The SMILES string of the molecule is CCC(=O)[C@H]1CCCCN1C(=O)c1ncccc1O. The fourth-order valence-electron chi connectivity index (χ4n) is 2.44. The molecular formula is C14H18N2O3. The summed E-state index contributed by atoms with van der Waals surface area (Å²) in [5.74, 6) is -0.422. The summed E-state index contributed by atoms with van der Waals surface area (Å²) < 4.78 is 0. The Hall–Kier alpha value is -1.91. The number of pyridine rings is 1. The fraction of sp³-hybridized carbons (Fsp3) is 0.500. The van der Waals surface area contributed by atoms with Gasteiger partial charge in [-0.1, -0.05) is 6.92 Å². The largest absolute Gasteiger partial charge is 0.505 e. The molecule has 5 heteroatoms. The maximum Gasteiger partial charge on any atom is 0.276 e. The van der Waals surface area contributed by atoms with E-state index in [4.69, 9.17) is 0 Å². The van der Waals surface area contributed by atoms with Crippen molar-refractivity contribution in [3.05, 3.63) is 24.0 Å². The molecule has 1 fully saturated rings. The summed E-state index contributed by atoms with van der Waals surface area (Å²) in [4.78, 5) is 29.8. The molecule has 1 N–H and O–H groups in total. The lowest BCUT2D eigenvalue weighted by molar-refractivity contribution is -0.124. The number of hydrogen-bond donors (Lipinski definition) is 1. The lowest BCUT2D eigenvalue weighted by Gasteiger charge is -2.34. The van der Waals surface area contributed by atoms with Crippen molar-refractivity contribution >= 4 is 11.7 Å². The summed E-state index contributed by atoms with van der Waals surface area (Å²) in [6, 6.07) is 2.63. The molecule has 19 heavy (non-hydrogen) atoms. The molecule has 0 bridgehead atoms. The average molecular weight is 262 g/mol. The maximum absolute atomic E-state index is 12.4. The first-order chi connectivity index (χ1) is 9.15. The highest BCUT2D eigenvalue weighted by Gasteiger charge is 2.32. The summed E-state index contributed by atoms with van der Waals surface area (Å²) in [5, 5.41) is 9.70. The van der Waals surface area contributed by atoms with E-state index in [0.29, 0.717) is 19.4 Å². The summed E-state index contributed by atoms with van der Waals surface area (Å²) in [5.41, 5.74) is 0.0262. The molecule has 1 aliphatic rings. The van der Waals surface area contributed by atoms with Gasteiger partial charge >= 0.3 is 0 Å². The van der Waals surface area contributed by atoms with Crippen molar-refractivity contribution in [1.82, 2.24) is 9.88 Å². The number of carbonyl (C=O) groups is 2. The van der Waals surface area contributed by atoms with Crippen LogP contribution in [0, 0.1) is 0 Å². The molecule has 0 aliphatic carbocycles. The molecule has 1 aromatic rings. The third-order valence-electron chi connectivity index (χ3n) is 3.47. The molecule has 1 aromatic heterocycles. The van der Waals surface area contributed by atoms with Gasteiger partial charge in [0.25, 0.3) is 5.91 Å². The zero-order chi connectivity index (χ0) is 13.8. The first-order valence-corrected chi connectivity index (χ1v) is 6.62. The van der Waals surface area contributed by atoms with Crippen molar-refractivity contribution in [2.75, 3.05) is 6.54 Å². The lowest BCUT2D eigenvalue weighted by Crippen LogP contribution is -2.48. The zero-order valence-corrected chi connectivity index (χ0v) is 11.0. The summed E-state index contributed by atoms with van der Waals surface area (Å²) >= 11 is 0. The van der Waals surface area contributed by atoms with Crippen LogP contribution >= 0.6 is 0 Å². The monoisotopic (exact) mass is 262 g/mol. The third kappa shape index (κ3) is 2.75. The highest BCUT2D eigenvalue weighted by Crippen LogP contribution is 2.23. The molecule has 0 unspecified atom stereocenters. The van der Waals surface area contributed by atoms with Gasteiger partial charge in [-0.3, -0.25) is 9.59 Å². The van der Waals surface area contributed by atoms with Crippen LogP contribution in [0.2, 0.25) is 0 Å². The van der Waals surface area contributed by atoms with E-state index in [2.05, 4.69) is 4.98 Å². The molecule has 0 saturated carbocycles. The lowest BCUT2D eigenvalue weighted by atomic mass is 9.96. The highest BCUT2D eigenvalue weighted by molar-refractivity contribution is 5.98. The van der Waals surface area contributed by atoms with Crippen molar-refractivity contribution in [3.63, 3.8) is 0 Å². The number of amides is 1. The number of hydrogen-bond acceptors (Lipinski definition) is 4. The molecule has 1 amide bonds. The second kappa shape index (κ2) is 5.82. The van der Waals surface area contributed by atoms with Crippen LogP contribution < -0.4 is 0 Å². The second-order valence-corrected chi connectivity index (χ2v) is 4.70. The van der Waals surface area contributed by atoms with Crippen LogP contribution in [0.1, 0.15) is 43.1 Å². The van der Waals surface area contributed by atoms with E-state index in [0.717, 1.165) is 12.8 Å². The number of likely N-dealkylation sites (tertiary alicyclic amines) is 1. The van der Waals surface area contributed by atoms with E-state index >= 15 is 0 Å². The quantitative estimate of drug-likeness (QED) is 0.901. The Balaban J connectivity index is 2.25. The van der Waals surface area contributed by atoms with Crippen molar-refractivity contribution in [3.8, 4) is 5.75 Å². The number of nitrogens with zero attached hydrogens (tertiary/aromatic N) is 2. The van der Waals surface area contributed by atoms with Crippen LogP contribution in [-0.2, 0) is 4.79 Å². The summed E-state index contributed by atoms with van der Waals surface area (Å²) in [6.07, 6.45) is 4.42. The Labute approximate surface area is 112 Å². The molecule has 0 radical (unpaired) electrons. The Bertz CT molecular complexity index is 487. The van der Waals surface area contributed by atoms with Crippen molar-refractivity contribution in [2.24, 2.45) is 0 Å². The molecule has 0 spiro atoms. The van der Waals surface area contributed by atoms with Crippen molar-refractivity contribution in [1.29, 1.82) is 0 Å². The van der Waals surface area contributed by atoms with Crippen LogP contribution in [0.5, 0.6) is 5.75 Å². The molecule has 1 atom stereocenters. The predicted octanol–water partition coefficient (Wildman–Crippen LogP) is 1.76. The number of Topliss-reactive ketones (excluding diaryl/α,β-unsaturated/α-hetero) is 1. The van der Waals surface area contributed by atoms with Crippen molar-refractivity contribution < 1.29 is 14.7 Å². The first-order valence-electron chi connectivity index (χ1n) is 6.62. The normalized spacial score (nSPS) is 19.2. The topological polar surface area (TPSA) is 70.5 Å². The van der Waals surface area contributed by atoms with E-state index in [1.54, 1.807) is 17.9 Å². The van der Waals surface area contributed by atoms with Crippen molar-refractivity contribution in [2.45, 2.75) is 38.6 Å². The smallest absolute Gasteiger partial charge is 0.276 e. The third-order valence-corrected chi connectivity index (χ3v) is 3.47. The average Bonchev–Trinajstić information content (AvgIpc) is 2.46. The predicted molar refractivity (Wildman–Crippen MR) is 69.9 cm³/mol.